The Kier molecular flexibility index (Phi) is 17.3. The molecule has 18 heteroatoms. The van der Waals surface area contributed by atoms with E-state index >= 15 is 0 Å². The third-order valence-corrected chi connectivity index (χ3v) is 36.5. The monoisotopic (exact) mass is 2000 g/mol. The molecule has 0 N–H and O–H groups in total. The summed E-state index contributed by atoms with van der Waals surface area (Å²) in [4.78, 5) is 32.7. The molecule has 15 heterocycles. The van der Waals surface area contributed by atoms with E-state index in [1.54, 1.807) is 11.3 Å². The van der Waals surface area contributed by atoms with Gasteiger partial charge in [-0.25, -0.2) is 29.9 Å². The Balaban J connectivity index is 0.0000000957. The van der Waals surface area contributed by atoms with E-state index in [9.17, 15) is 0 Å². The molecule has 21 aromatic carbocycles. The lowest BCUT2D eigenvalue weighted by atomic mass is 9.99. The molecule has 150 heavy (non-hydrogen) atoms. The predicted octanol–water partition coefficient (Wildman–Crippen LogP) is 38.6. The molecule has 15 aromatic heterocycles. The average Bonchev–Trinajstić information content (AvgIpc) is 1.54. The molecule has 0 aliphatic carbocycles. The molecule has 0 bridgehead atoms. The van der Waals surface area contributed by atoms with Crippen LogP contribution in [0.3, 0.4) is 0 Å². The quantitative estimate of drug-likeness (QED) is 0.158. The first-order valence-electron chi connectivity index (χ1n) is 50.0. The van der Waals surface area contributed by atoms with Crippen molar-refractivity contribution in [3.63, 3.8) is 0 Å². The highest BCUT2D eigenvalue weighted by Crippen LogP contribution is 2.55. The molecule has 0 saturated carbocycles. The van der Waals surface area contributed by atoms with Crippen molar-refractivity contribution in [2.75, 3.05) is 0 Å². The summed E-state index contributed by atoms with van der Waals surface area (Å²) in [7, 11) is 0. The summed E-state index contributed by atoms with van der Waals surface area (Å²) in [5.74, 6) is 1.88. The maximum Gasteiger partial charge on any atom is 0.236 e. The fourth-order valence-corrected chi connectivity index (χ4v) is 30.4. The molecule has 36 aromatic rings. The largest absolute Gasteiger partial charge is 0.456 e. The predicted molar refractivity (Wildman–Crippen MR) is 631 cm³/mol. The lowest BCUT2D eigenvalue weighted by Crippen LogP contribution is -2.03. The Hall–Kier alpha value is -18.7. The van der Waals surface area contributed by atoms with Crippen LogP contribution in [0.5, 0.6) is 0 Å². The number of furan rings is 4. The summed E-state index contributed by atoms with van der Waals surface area (Å²) in [6.07, 6.45) is 0. The van der Waals surface area contributed by atoms with E-state index in [0.717, 1.165) is 138 Å². The van der Waals surface area contributed by atoms with Crippen molar-refractivity contribution in [1.82, 2.24) is 43.6 Å². The number of hydrogen-bond donors (Lipinski definition) is 0. The van der Waals surface area contributed by atoms with Gasteiger partial charge in [0.25, 0.3) is 0 Å². The minimum atomic E-state index is 0.608. The summed E-state index contributed by atoms with van der Waals surface area (Å²) in [6, 6.07) is 148. The van der Waals surface area contributed by atoms with Gasteiger partial charge in [0.2, 0.25) is 17.8 Å². The van der Waals surface area contributed by atoms with Crippen molar-refractivity contribution < 1.29 is 17.7 Å². The van der Waals surface area contributed by atoms with E-state index in [-0.39, 0.29) is 0 Å². The fourth-order valence-electron chi connectivity index (χ4n) is 24.3. The maximum absolute atomic E-state index is 6.65. The Morgan fingerprint density at radius 1 is 0.173 bits per heavy atom. The highest BCUT2D eigenvalue weighted by Gasteiger charge is 2.33. The lowest BCUT2D eigenvalue weighted by Gasteiger charge is -2.11. The first kappa shape index (κ1) is 82.6. The molecule has 13 nitrogen and oxygen atoms in total. The zero-order valence-corrected chi connectivity index (χ0v) is 83.1. The van der Waals surface area contributed by atoms with Gasteiger partial charge in [0.1, 0.15) is 61.5 Å². The summed E-state index contributed by atoms with van der Waals surface area (Å²) in [5, 5.41) is 32.3. The number of thiophene rings is 5. The minimum absolute atomic E-state index is 0.608. The Morgan fingerprint density at radius 3 is 0.873 bits per heavy atom. The maximum atomic E-state index is 6.65. The van der Waals surface area contributed by atoms with E-state index < -0.39 is 0 Å². The van der Waals surface area contributed by atoms with E-state index in [4.69, 9.17) is 47.6 Å². The molecule has 0 amide bonds. The highest BCUT2D eigenvalue weighted by atomic mass is 32.1. The summed E-state index contributed by atoms with van der Waals surface area (Å²) in [5.41, 5.74) is 20.5. The van der Waals surface area contributed by atoms with Gasteiger partial charge in [-0.3, -0.25) is 13.7 Å². The van der Waals surface area contributed by atoms with Crippen LogP contribution in [0.1, 0.15) is 0 Å². The van der Waals surface area contributed by atoms with Gasteiger partial charge in [-0.2, -0.15) is 0 Å². The summed E-state index contributed by atoms with van der Waals surface area (Å²) >= 11 is 9.16. The van der Waals surface area contributed by atoms with Gasteiger partial charge in [-0.05, 0) is 154 Å². The third kappa shape index (κ3) is 11.7. The molecular weight excluding hydrogens is 1940 g/mol. The van der Waals surface area contributed by atoms with Gasteiger partial charge in [0.05, 0.1) is 47.2 Å². The second-order valence-electron chi connectivity index (χ2n) is 38.6. The molecule has 0 fully saturated rings. The highest BCUT2D eigenvalue weighted by molar-refractivity contribution is 7.28. The fraction of sp³-hybridized carbons (Fsp3) is 0. The van der Waals surface area contributed by atoms with E-state index in [1.807, 2.05) is 112 Å². The van der Waals surface area contributed by atoms with Crippen LogP contribution < -0.4 is 0 Å². The molecule has 696 valence electrons. The van der Waals surface area contributed by atoms with E-state index in [0.29, 0.717) is 34.6 Å². The van der Waals surface area contributed by atoms with Gasteiger partial charge < -0.3 is 17.7 Å². The number of benzene rings is 21. The molecule has 36 rings (SSSR count). The van der Waals surface area contributed by atoms with Crippen LogP contribution in [0.2, 0.25) is 0 Å². The Labute approximate surface area is 867 Å². The molecule has 0 saturated heterocycles. The van der Waals surface area contributed by atoms with Crippen LogP contribution in [0.15, 0.2) is 436 Å². The topological polar surface area (TPSA) is 145 Å². The Morgan fingerprint density at radius 2 is 0.453 bits per heavy atom. The van der Waals surface area contributed by atoms with Crippen molar-refractivity contribution >= 4 is 343 Å². The summed E-state index contributed by atoms with van der Waals surface area (Å²) < 4.78 is 45.4. The number of rotatable bonds is 6. The van der Waals surface area contributed by atoms with Crippen LogP contribution in [-0.2, 0) is 0 Å². The molecular formula is C132H69N9O4S5. The van der Waals surface area contributed by atoms with E-state index in [1.165, 1.54) is 165 Å². The normalized spacial score (nSPS) is 12.4. The second kappa shape index (κ2) is 31.4. The number of para-hydroxylation sites is 7. The van der Waals surface area contributed by atoms with Crippen molar-refractivity contribution in [1.29, 1.82) is 0 Å². The van der Waals surface area contributed by atoms with Crippen molar-refractivity contribution in [3.8, 4) is 51.6 Å². The molecule has 0 spiro atoms. The zero-order valence-electron chi connectivity index (χ0n) is 79.0. The smallest absolute Gasteiger partial charge is 0.236 e. The summed E-state index contributed by atoms with van der Waals surface area (Å²) in [6.45, 7) is 0. The van der Waals surface area contributed by atoms with Gasteiger partial charge in [-0.1, -0.05) is 297 Å². The van der Waals surface area contributed by atoms with Crippen LogP contribution in [0.25, 0.3) is 338 Å². The molecule has 0 aliphatic rings. The van der Waals surface area contributed by atoms with Gasteiger partial charge in [0, 0.05) is 163 Å². The van der Waals surface area contributed by atoms with Crippen LogP contribution in [-0.4, -0.2) is 43.6 Å². The molecule has 0 aliphatic heterocycles. The van der Waals surface area contributed by atoms with Gasteiger partial charge in [-0.15, -0.1) is 56.7 Å². The molecule has 0 unspecified atom stereocenters. The van der Waals surface area contributed by atoms with Crippen LogP contribution in [0, 0.1) is 0 Å². The molecule has 0 atom stereocenters. The average molecular weight is 2010 g/mol. The van der Waals surface area contributed by atoms with Crippen LogP contribution in [0.4, 0.5) is 0 Å². The number of hydrogen-bond acceptors (Lipinski definition) is 15. The zero-order chi connectivity index (χ0) is 97.5. The van der Waals surface area contributed by atoms with Gasteiger partial charge >= 0.3 is 0 Å². The number of nitrogens with zero attached hydrogens (tertiary/aromatic N) is 9. The lowest BCUT2D eigenvalue weighted by molar-refractivity contribution is 0.666. The van der Waals surface area contributed by atoms with Gasteiger partial charge in [0.15, 0.2) is 16.7 Å². The van der Waals surface area contributed by atoms with Crippen LogP contribution >= 0.6 is 56.7 Å². The van der Waals surface area contributed by atoms with Crippen molar-refractivity contribution in [2.45, 2.75) is 0 Å². The first-order valence-corrected chi connectivity index (χ1v) is 54.1. The van der Waals surface area contributed by atoms with Crippen molar-refractivity contribution in [2.24, 2.45) is 0 Å². The second-order valence-corrected chi connectivity index (χ2v) is 43.9. The number of fused-ring (bicyclic) bond motifs is 48. The Bertz CT molecular complexity index is 11900. The molecule has 0 radical (unpaired) electrons. The third-order valence-electron chi connectivity index (χ3n) is 30.6. The number of aromatic nitrogens is 9. The minimum Gasteiger partial charge on any atom is -0.456 e. The first-order chi connectivity index (χ1) is 74.4. The standard InChI is InChI=1S/C44H23N3O2S.2C44H23N3OS2/c1-2-13-27-26(12-1)37-28-14-3-7-17-32(28)47(41(37)43-38(27)30-16-6-10-20-36(30)50-43)44-45-39(42-40(46-44)29-15-5-9-19-34(29)49-42)24-21-22-35-31(23-24)25-11-4-8-18-33(25)48-35;1-2-14-26-25(13-1)36-28-15-3-7-20-32(28)47(40(36)43-37(26)30-17-6-10-23-35(30)50-43)44-45-38-29-16-4-8-21-33(29)48-41(38)39(46-44)31-19-11-18-27-24-12-5-9-22-34(24)49-42(27)31;1-2-13-27-26(12-1)37-28-14-3-7-17-32(28)47(41(37)43-38(27)30-16-6-10-20-35(30)50-43)44-45-39(42-40(46-44)29-15-4-8-18-33(29)48-42)24-21-22-36-31(23-24)25-11-5-9-19-34(25)49-36/h3*1-23H. The SMILES string of the molecule is c1ccc2c(c1)oc1c(-c3ccc4sc5ccccc5c4c3)nc(-n3c4ccccc4c4c5ccccc5c5c6ccccc6sc5c43)nc12.c1ccc2c(c1)oc1c(-c3cccc4c3sc3ccccc34)nc(-n3c4ccccc4c4c5ccccc5c5c6ccccc6sc5c43)nc12.c1ccc2c(c1)oc1ccc(-c3nc(-n4c5ccccc5c5c6ccccc6c6c7ccccc7sc6c54)nc4c3oc3ccccc34)cc12. The van der Waals surface area contributed by atoms with Crippen molar-refractivity contribution in [3.05, 3.63) is 419 Å². The van der Waals surface area contributed by atoms with E-state index in [2.05, 4.69) is 366 Å².